The smallest absolute Gasteiger partial charge is 0.158 e. The molecule has 0 N–H and O–H groups in total. The minimum absolute atomic E-state index is 0.887. The van der Waals surface area contributed by atoms with Gasteiger partial charge in [0.15, 0.2) is 9.79 Å². The van der Waals surface area contributed by atoms with Gasteiger partial charge in [0.05, 0.1) is 0 Å². The molecule has 1 unspecified atom stereocenters. The van der Waals surface area contributed by atoms with E-state index in [1.165, 1.54) is 42.4 Å². The summed E-state index contributed by atoms with van der Waals surface area (Å²) in [5.74, 6) is 0. The molecule has 2 heteroatoms. The molecule has 0 spiro atoms. The zero-order valence-electron chi connectivity index (χ0n) is 14.6. The van der Waals surface area contributed by atoms with Crippen LogP contribution in [0.3, 0.4) is 0 Å². The van der Waals surface area contributed by atoms with Crippen molar-refractivity contribution < 1.29 is 4.55 Å². The second-order valence-electron chi connectivity index (χ2n) is 6.22. The first-order valence-electron chi connectivity index (χ1n) is 8.76. The van der Waals surface area contributed by atoms with Gasteiger partial charge < -0.3 is 4.55 Å². The van der Waals surface area contributed by atoms with E-state index in [1.807, 2.05) is 24.3 Å². The molecule has 0 saturated carbocycles. The van der Waals surface area contributed by atoms with E-state index in [0.717, 1.165) is 22.6 Å². The number of unbranched alkanes of at least 4 members (excludes halogenated alkanes) is 2. The zero-order chi connectivity index (χ0) is 16.7. The number of hydrogen-bond acceptors (Lipinski definition) is 1. The standard InChI is InChI=1S/C21H28OS/c1-4-6-8-18-12-15-21(16-19(18)9-7-5-2)23(22)20-13-10-17(3)11-14-20/h10-16H,4-9H2,1-3H3. The van der Waals surface area contributed by atoms with Crippen LogP contribution in [-0.4, -0.2) is 4.55 Å². The summed E-state index contributed by atoms with van der Waals surface area (Å²) in [6.45, 7) is 6.50. The Balaban J connectivity index is 2.25. The highest BCUT2D eigenvalue weighted by molar-refractivity contribution is 7.91. The van der Waals surface area contributed by atoms with Crippen molar-refractivity contribution in [3.05, 3.63) is 59.2 Å². The van der Waals surface area contributed by atoms with Crippen LogP contribution >= 0.6 is 0 Å². The SMILES string of the molecule is CCCCc1ccc([S+]([O-])c2ccc(C)cc2)cc1CCCC. The van der Waals surface area contributed by atoms with Gasteiger partial charge in [-0.25, -0.2) is 0 Å². The van der Waals surface area contributed by atoms with Crippen molar-refractivity contribution in [2.24, 2.45) is 0 Å². The van der Waals surface area contributed by atoms with Crippen LogP contribution in [0.15, 0.2) is 52.3 Å². The van der Waals surface area contributed by atoms with E-state index in [0.29, 0.717) is 0 Å². The Labute approximate surface area is 144 Å². The normalized spacial score (nSPS) is 12.3. The van der Waals surface area contributed by atoms with Crippen LogP contribution < -0.4 is 0 Å². The molecule has 0 amide bonds. The average Bonchev–Trinajstić information content (AvgIpc) is 2.58. The van der Waals surface area contributed by atoms with Gasteiger partial charge in [-0.05, 0) is 68.0 Å². The summed E-state index contributed by atoms with van der Waals surface area (Å²) >= 11 is -1.08. The maximum absolute atomic E-state index is 12.8. The van der Waals surface area contributed by atoms with Gasteiger partial charge in [-0.2, -0.15) is 0 Å². The number of hydrogen-bond donors (Lipinski definition) is 0. The summed E-state index contributed by atoms with van der Waals surface area (Å²) in [4.78, 5) is 1.82. The third kappa shape index (κ3) is 5.12. The van der Waals surface area contributed by atoms with Crippen molar-refractivity contribution in [2.75, 3.05) is 0 Å². The molecule has 0 bridgehead atoms. The Hall–Kier alpha value is -1.25. The van der Waals surface area contributed by atoms with Gasteiger partial charge >= 0.3 is 0 Å². The first-order chi connectivity index (χ1) is 11.2. The molecular weight excluding hydrogens is 300 g/mol. The van der Waals surface area contributed by atoms with Crippen molar-refractivity contribution in [2.45, 2.75) is 69.1 Å². The van der Waals surface area contributed by atoms with Crippen LogP contribution in [0, 0.1) is 6.92 Å². The fraction of sp³-hybridized carbons (Fsp3) is 0.429. The molecule has 2 aromatic carbocycles. The summed E-state index contributed by atoms with van der Waals surface area (Å²) in [5, 5.41) is 0. The summed E-state index contributed by atoms with van der Waals surface area (Å²) < 4.78 is 12.8. The first kappa shape index (κ1) is 18.1. The van der Waals surface area contributed by atoms with Crippen LogP contribution in [0.5, 0.6) is 0 Å². The molecule has 23 heavy (non-hydrogen) atoms. The summed E-state index contributed by atoms with van der Waals surface area (Å²) in [6.07, 6.45) is 7.05. The highest BCUT2D eigenvalue weighted by Crippen LogP contribution is 2.25. The van der Waals surface area contributed by atoms with Crippen molar-refractivity contribution >= 4 is 11.2 Å². The molecule has 0 saturated heterocycles. The molecule has 0 aromatic heterocycles. The van der Waals surface area contributed by atoms with Crippen LogP contribution in [0.1, 0.15) is 56.2 Å². The highest BCUT2D eigenvalue weighted by Gasteiger charge is 2.16. The molecule has 2 rings (SSSR count). The molecule has 0 radical (unpaired) electrons. The Bertz CT molecular complexity index is 604. The van der Waals surface area contributed by atoms with Gasteiger partial charge in [-0.15, -0.1) is 0 Å². The monoisotopic (exact) mass is 328 g/mol. The quantitative estimate of drug-likeness (QED) is 0.558. The van der Waals surface area contributed by atoms with Crippen molar-refractivity contribution in [1.29, 1.82) is 0 Å². The van der Waals surface area contributed by atoms with Crippen molar-refractivity contribution in [3.63, 3.8) is 0 Å². The second kappa shape index (κ2) is 9.14. The average molecular weight is 329 g/mol. The van der Waals surface area contributed by atoms with E-state index in [2.05, 4.69) is 39.0 Å². The minimum atomic E-state index is -1.08. The number of aryl methyl sites for hydroxylation is 3. The minimum Gasteiger partial charge on any atom is -0.606 e. The molecule has 0 aliphatic heterocycles. The molecule has 124 valence electrons. The van der Waals surface area contributed by atoms with Gasteiger partial charge in [0.25, 0.3) is 0 Å². The maximum Gasteiger partial charge on any atom is 0.158 e. The summed E-state index contributed by atoms with van der Waals surface area (Å²) in [6, 6.07) is 14.4. The van der Waals surface area contributed by atoms with Gasteiger partial charge in [0.1, 0.15) is 0 Å². The Morgan fingerprint density at radius 2 is 1.35 bits per heavy atom. The van der Waals surface area contributed by atoms with E-state index in [9.17, 15) is 4.55 Å². The van der Waals surface area contributed by atoms with Crippen molar-refractivity contribution in [3.8, 4) is 0 Å². The maximum atomic E-state index is 12.8. The van der Waals surface area contributed by atoms with E-state index < -0.39 is 11.2 Å². The van der Waals surface area contributed by atoms with E-state index in [4.69, 9.17) is 0 Å². The third-order valence-electron chi connectivity index (χ3n) is 4.23. The second-order valence-corrected chi connectivity index (χ2v) is 7.70. The molecular formula is C21H28OS. The lowest BCUT2D eigenvalue weighted by atomic mass is 9.98. The van der Waals surface area contributed by atoms with Gasteiger partial charge in [-0.1, -0.05) is 50.5 Å². The Morgan fingerprint density at radius 3 is 1.96 bits per heavy atom. The first-order valence-corrected chi connectivity index (χ1v) is 9.91. The number of rotatable bonds is 8. The Morgan fingerprint density at radius 1 is 0.783 bits per heavy atom. The van der Waals surface area contributed by atoms with Crippen molar-refractivity contribution in [1.82, 2.24) is 0 Å². The fourth-order valence-electron chi connectivity index (χ4n) is 2.73. The van der Waals surface area contributed by atoms with Gasteiger partial charge in [0, 0.05) is 11.2 Å². The van der Waals surface area contributed by atoms with Gasteiger partial charge in [0.2, 0.25) is 0 Å². The number of benzene rings is 2. The zero-order valence-corrected chi connectivity index (χ0v) is 15.4. The molecule has 1 nitrogen and oxygen atoms in total. The summed E-state index contributed by atoms with van der Waals surface area (Å²) in [7, 11) is 0. The highest BCUT2D eigenvalue weighted by atomic mass is 32.2. The third-order valence-corrected chi connectivity index (χ3v) is 5.61. The lowest BCUT2D eigenvalue weighted by Crippen LogP contribution is -2.05. The molecule has 1 atom stereocenters. The summed E-state index contributed by atoms with van der Waals surface area (Å²) in [5.41, 5.74) is 4.02. The fourth-order valence-corrected chi connectivity index (χ4v) is 3.82. The Kier molecular flexibility index (Phi) is 7.19. The molecule has 2 aromatic rings. The van der Waals surface area contributed by atoms with Gasteiger partial charge in [-0.3, -0.25) is 0 Å². The van der Waals surface area contributed by atoms with Crippen LogP contribution in [-0.2, 0) is 24.0 Å². The lowest BCUT2D eigenvalue weighted by Gasteiger charge is -2.14. The lowest BCUT2D eigenvalue weighted by molar-refractivity contribution is 0.594. The topological polar surface area (TPSA) is 23.1 Å². The molecule has 0 aliphatic rings. The van der Waals surface area contributed by atoms with E-state index in [1.54, 1.807) is 0 Å². The molecule has 0 fully saturated rings. The molecule has 0 heterocycles. The van der Waals surface area contributed by atoms with Crippen LogP contribution in [0.2, 0.25) is 0 Å². The predicted octanol–water partition coefficient (Wildman–Crippen LogP) is 5.85. The van der Waals surface area contributed by atoms with E-state index >= 15 is 0 Å². The predicted molar refractivity (Wildman–Crippen MR) is 99.5 cm³/mol. The van der Waals surface area contributed by atoms with Crippen LogP contribution in [0.25, 0.3) is 0 Å². The largest absolute Gasteiger partial charge is 0.606 e. The molecule has 0 aliphatic carbocycles. The van der Waals surface area contributed by atoms with Crippen LogP contribution in [0.4, 0.5) is 0 Å². The van der Waals surface area contributed by atoms with E-state index in [-0.39, 0.29) is 0 Å².